The molecule has 0 unspecified atom stereocenters. The summed E-state index contributed by atoms with van der Waals surface area (Å²) in [6.45, 7) is 3.81. The van der Waals surface area contributed by atoms with Crippen molar-refractivity contribution in [1.29, 1.82) is 0 Å². The number of benzene rings is 2. The fourth-order valence-electron chi connectivity index (χ4n) is 2.76. The summed E-state index contributed by atoms with van der Waals surface area (Å²) in [5.74, 6) is -0.284. The molecule has 0 heterocycles. The summed E-state index contributed by atoms with van der Waals surface area (Å²) in [4.78, 5) is 14.2. The normalized spacial score (nSPS) is 11.3. The molecular weight excluding hydrogens is 372 g/mol. The molecule has 0 saturated heterocycles. The smallest absolute Gasteiger partial charge is 0.243 e. The first-order valence-corrected chi connectivity index (χ1v) is 10.3. The number of anilines is 1. The lowest BCUT2D eigenvalue weighted by Gasteiger charge is -2.27. The molecule has 0 radical (unpaired) electrons. The Kier molecular flexibility index (Phi) is 6.31. The molecule has 2 rings (SSSR count). The predicted molar refractivity (Wildman–Crippen MR) is 106 cm³/mol. The van der Waals surface area contributed by atoms with Gasteiger partial charge in [-0.1, -0.05) is 41.9 Å². The Morgan fingerprint density at radius 1 is 1.04 bits per heavy atom. The van der Waals surface area contributed by atoms with Crippen LogP contribution in [0.1, 0.15) is 16.7 Å². The Bertz CT molecular complexity index is 875. The van der Waals surface area contributed by atoms with Crippen LogP contribution < -0.4 is 4.31 Å². The van der Waals surface area contributed by atoms with Gasteiger partial charge >= 0.3 is 0 Å². The van der Waals surface area contributed by atoms with Crippen LogP contribution in [0.25, 0.3) is 0 Å². The number of halogens is 1. The number of hydrogen-bond donors (Lipinski definition) is 0. The zero-order valence-electron chi connectivity index (χ0n) is 15.4. The van der Waals surface area contributed by atoms with Crippen LogP contribution in [0.5, 0.6) is 0 Å². The van der Waals surface area contributed by atoms with Gasteiger partial charge < -0.3 is 4.90 Å². The Morgan fingerprint density at radius 3 is 2.08 bits per heavy atom. The Balaban J connectivity index is 2.23. The minimum Gasteiger partial charge on any atom is -0.340 e. The molecule has 0 spiro atoms. The van der Waals surface area contributed by atoms with Crippen LogP contribution in [0.4, 0.5) is 5.69 Å². The van der Waals surface area contributed by atoms with Gasteiger partial charge in [0, 0.05) is 18.6 Å². The second-order valence-corrected chi connectivity index (χ2v) is 8.73. The van der Waals surface area contributed by atoms with E-state index in [-0.39, 0.29) is 12.5 Å². The molecule has 0 saturated carbocycles. The highest BCUT2D eigenvalue weighted by Gasteiger charge is 2.25. The highest BCUT2D eigenvalue weighted by atomic mass is 35.5. The number of amides is 1. The standard InChI is InChI=1S/C19H23ClN2O3S/c1-14-6-5-7-15(2)19(14)22(26(4,24)25)13-18(23)21(3)12-16-8-10-17(20)11-9-16/h5-11H,12-13H2,1-4H3. The fourth-order valence-corrected chi connectivity index (χ4v) is 3.85. The summed E-state index contributed by atoms with van der Waals surface area (Å²) in [6.07, 6.45) is 1.12. The average Bonchev–Trinajstić information content (AvgIpc) is 2.54. The van der Waals surface area contributed by atoms with E-state index in [1.807, 2.05) is 44.2 Å². The maximum absolute atomic E-state index is 12.7. The van der Waals surface area contributed by atoms with Gasteiger partial charge in [-0.25, -0.2) is 8.42 Å². The molecule has 2 aromatic rings. The Hall–Kier alpha value is -2.05. The summed E-state index contributed by atoms with van der Waals surface area (Å²) in [5.41, 5.74) is 3.10. The molecule has 0 atom stereocenters. The number of aryl methyl sites for hydroxylation is 2. The van der Waals surface area contributed by atoms with Gasteiger partial charge in [-0.05, 0) is 42.7 Å². The molecule has 0 aromatic heterocycles. The first kappa shape index (κ1) is 20.3. The highest BCUT2D eigenvalue weighted by Crippen LogP contribution is 2.26. The van der Waals surface area contributed by atoms with Gasteiger partial charge in [-0.2, -0.15) is 0 Å². The van der Waals surface area contributed by atoms with Crippen LogP contribution in [0, 0.1) is 13.8 Å². The van der Waals surface area contributed by atoms with E-state index in [0.717, 1.165) is 22.9 Å². The van der Waals surface area contributed by atoms with Gasteiger partial charge in [-0.3, -0.25) is 9.10 Å². The number of carbonyl (C=O) groups excluding carboxylic acids is 1. The van der Waals surface area contributed by atoms with Crippen molar-refractivity contribution < 1.29 is 13.2 Å². The molecule has 7 heteroatoms. The van der Waals surface area contributed by atoms with Crippen LogP contribution in [0.15, 0.2) is 42.5 Å². The van der Waals surface area contributed by atoms with Crippen molar-refractivity contribution in [1.82, 2.24) is 4.90 Å². The summed E-state index contributed by atoms with van der Waals surface area (Å²) in [5, 5.41) is 0.626. The van der Waals surface area contributed by atoms with Crippen LogP contribution in [-0.2, 0) is 21.4 Å². The third-order valence-corrected chi connectivity index (χ3v) is 5.49. The van der Waals surface area contributed by atoms with Crippen molar-refractivity contribution in [2.45, 2.75) is 20.4 Å². The van der Waals surface area contributed by atoms with Gasteiger partial charge in [0.05, 0.1) is 11.9 Å². The van der Waals surface area contributed by atoms with Crippen LogP contribution in [-0.4, -0.2) is 39.1 Å². The van der Waals surface area contributed by atoms with Crippen molar-refractivity contribution in [3.63, 3.8) is 0 Å². The maximum atomic E-state index is 12.7. The van der Waals surface area contributed by atoms with E-state index in [0.29, 0.717) is 17.3 Å². The SMILES string of the molecule is Cc1cccc(C)c1N(CC(=O)N(C)Cc1ccc(Cl)cc1)S(C)(=O)=O. The monoisotopic (exact) mass is 394 g/mol. The maximum Gasteiger partial charge on any atom is 0.243 e. The first-order chi connectivity index (χ1) is 12.1. The lowest BCUT2D eigenvalue weighted by atomic mass is 10.1. The lowest BCUT2D eigenvalue weighted by molar-refractivity contribution is -0.128. The second-order valence-electron chi connectivity index (χ2n) is 6.39. The molecule has 0 fully saturated rings. The van der Waals surface area contributed by atoms with Crippen LogP contribution in [0.3, 0.4) is 0 Å². The third kappa shape index (κ3) is 4.99. The fraction of sp³-hybridized carbons (Fsp3) is 0.316. The molecular formula is C19H23ClN2O3S. The quantitative estimate of drug-likeness (QED) is 0.754. The molecule has 5 nitrogen and oxygen atoms in total. The summed E-state index contributed by atoms with van der Waals surface area (Å²) < 4.78 is 25.8. The van der Waals surface area contributed by atoms with Crippen molar-refractivity contribution in [3.05, 3.63) is 64.2 Å². The number of hydrogen-bond acceptors (Lipinski definition) is 3. The van der Waals surface area contributed by atoms with E-state index in [9.17, 15) is 13.2 Å². The average molecular weight is 395 g/mol. The van der Waals surface area contributed by atoms with Crippen molar-refractivity contribution in [3.8, 4) is 0 Å². The molecule has 0 aliphatic heterocycles. The largest absolute Gasteiger partial charge is 0.340 e. The van der Waals surface area contributed by atoms with Crippen LogP contribution >= 0.6 is 11.6 Å². The summed E-state index contributed by atoms with van der Waals surface area (Å²) in [7, 11) is -1.95. The number of para-hydroxylation sites is 1. The Morgan fingerprint density at radius 2 is 1.58 bits per heavy atom. The zero-order valence-corrected chi connectivity index (χ0v) is 16.9. The predicted octanol–water partition coefficient (Wildman–Crippen LogP) is 3.38. The molecule has 0 aliphatic rings. The van der Waals surface area contributed by atoms with Gasteiger partial charge in [0.25, 0.3) is 0 Å². The topological polar surface area (TPSA) is 57.7 Å². The number of nitrogens with zero attached hydrogens (tertiary/aromatic N) is 2. The van der Waals surface area contributed by atoms with Crippen molar-refractivity contribution >= 4 is 33.2 Å². The van der Waals surface area contributed by atoms with Gasteiger partial charge in [0.2, 0.25) is 15.9 Å². The van der Waals surface area contributed by atoms with Gasteiger partial charge in [0.1, 0.15) is 6.54 Å². The Labute approximate surface area is 160 Å². The van der Waals surface area contributed by atoms with Crippen molar-refractivity contribution in [2.75, 3.05) is 24.2 Å². The van der Waals surface area contributed by atoms with Crippen molar-refractivity contribution in [2.24, 2.45) is 0 Å². The van der Waals surface area contributed by atoms with Crippen LogP contribution in [0.2, 0.25) is 5.02 Å². The summed E-state index contributed by atoms with van der Waals surface area (Å²) in [6, 6.07) is 12.7. The molecule has 2 aromatic carbocycles. The second kappa shape index (κ2) is 8.10. The molecule has 1 amide bonds. The van der Waals surface area contributed by atoms with E-state index < -0.39 is 10.0 Å². The summed E-state index contributed by atoms with van der Waals surface area (Å²) >= 11 is 5.87. The molecule has 26 heavy (non-hydrogen) atoms. The van der Waals surface area contributed by atoms with E-state index in [1.54, 1.807) is 19.2 Å². The lowest BCUT2D eigenvalue weighted by Crippen LogP contribution is -2.41. The van der Waals surface area contributed by atoms with E-state index in [2.05, 4.69) is 0 Å². The van der Waals surface area contributed by atoms with E-state index in [1.165, 1.54) is 9.21 Å². The molecule has 140 valence electrons. The number of likely N-dealkylation sites (N-methyl/N-ethyl adjacent to an activating group) is 1. The van der Waals surface area contributed by atoms with Gasteiger partial charge in [-0.15, -0.1) is 0 Å². The minimum absolute atomic E-state index is 0.241. The third-order valence-electron chi connectivity index (χ3n) is 4.13. The molecule has 0 N–H and O–H groups in total. The van der Waals surface area contributed by atoms with Gasteiger partial charge in [0.15, 0.2) is 0 Å². The first-order valence-electron chi connectivity index (χ1n) is 8.12. The van der Waals surface area contributed by atoms with E-state index in [4.69, 9.17) is 11.6 Å². The highest BCUT2D eigenvalue weighted by molar-refractivity contribution is 7.92. The zero-order chi connectivity index (χ0) is 19.5. The number of sulfonamides is 1. The van der Waals surface area contributed by atoms with E-state index >= 15 is 0 Å². The number of carbonyl (C=O) groups is 1. The minimum atomic E-state index is -3.60. The number of rotatable bonds is 6. The molecule has 0 aliphatic carbocycles. The molecule has 0 bridgehead atoms.